The largest absolute Gasteiger partial charge is 0.234 e. The average molecular weight is 293 g/mol. The van der Waals surface area contributed by atoms with E-state index in [1.807, 2.05) is 28.8 Å². The highest BCUT2D eigenvalue weighted by Gasteiger charge is 2.12. The van der Waals surface area contributed by atoms with Gasteiger partial charge in [0, 0.05) is 17.0 Å². The zero-order valence-electron chi connectivity index (χ0n) is 10.5. The standard InChI is InChI=1S/C13H13ClN4S/c1-2-3-7-11-15-16-13-18(11)17-12(19-13)9-5-4-6-10(14)8-9/h4-6,8H,2-3,7H2,1H3. The Hall–Kier alpha value is -1.46. The van der Waals surface area contributed by atoms with Crippen LogP contribution in [0, 0.1) is 0 Å². The molecule has 0 aliphatic carbocycles. The van der Waals surface area contributed by atoms with Crippen molar-refractivity contribution in [2.75, 3.05) is 0 Å². The van der Waals surface area contributed by atoms with Crippen molar-refractivity contribution in [1.82, 2.24) is 19.8 Å². The number of hydrogen-bond acceptors (Lipinski definition) is 4. The van der Waals surface area contributed by atoms with Crippen LogP contribution in [0.4, 0.5) is 0 Å². The molecule has 0 aliphatic rings. The van der Waals surface area contributed by atoms with Crippen molar-refractivity contribution in [2.45, 2.75) is 26.2 Å². The number of aryl methyl sites for hydroxylation is 1. The van der Waals surface area contributed by atoms with Gasteiger partial charge in [-0.05, 0) is 18.6 Å². The van der Waals surface area contributed by atoms with E-state index in [0.717, 1.165) is 45.6 Å². The highest BCUT2D eigenvalue weighted by atomic mass is 35.5. The van der Waals surface area contributed by atoms with Gasteiger partial charge in [0.1, 0.15) is 5.01 Å². The first kappa shape index (κ1) is 12.6. The summed E-state index contributed by atoms with van der Waals surface area (Å²) in [6, 6.07) is 7.71. The van der Waals surface area contributed by atoms with Crippen LogP contribution in [0.2, 0.25) is 5.02 Å². The molecular formula is C13H13ClN4S. The van der Waals surface area contributed by atoms with Gasteiger partial charge >= 0.3 is 0 Å². The van der Waals surface area contributed by atoms with Gasteiger partial charge in [-0.2, -0.15) is 9.61 Å². The molecule has 0 saturated heterocycles. The van der Waals surface area contributed by atoms with E-state index in [2.05, 4.69) is 22.2 Å². The number of rotatable bonds is 4. The van der Waals surface area contributed by atoms with Crippen molar-refractivity contribution in [2.24, 2.45) is 0 Å². The first-order valence-electron chi connectivity index (χ1n) is 6.25. The molecule has 0 saturated carbocycles. The van der Waals surface area contributed by atoms with Gasteiger partial charge in [0.15, 0.2) is 5.82 Å². The predicted octanol–water partition coefficient (Wildman–Crippen LogP) is 3.85. The second kappa shape index (κ2) is 5.27. The third-order valence-corrected chi connectivity index (χ3v) is 4.06. The number of aromatic nitrogens is 4. The zero-order chi connectivity index (χ0) is 13.2. The fraction of sp³-hybridized carbons (Fsp3) is 0.308. The van der Waals surface area contributed by atoms with Crippen LogP contribution in [0.5, 0.6) is 0 Å². The number of halogens is 1. The van der Waals surface area contributed by atoms with Crippen LogP contribution >= 0.6 is 22.9 Å². The highest BCUT2D eigenvalue weighted by molar-refractivity contribution is 7.19. The monoisotopic (exact) mass is 292 g/mol. The van der Waals surface area contributed by atoms with Gasteiger partial charge in [-0.25, -0.2) is 0 Å². The van der Waals surface area contributed by atoms with Crippen LogP contribution in [0.1, 0.15) is 25.6 Å². The quantitative estimate of drug-likeness (QED) is 0.733. The topological polar surface area (TPSA) is 43.1 Å². The second-order valence-corrected chi connectivity index (χ2v) is 5.72. The maximum atomic E-state index is 6.01. The summed E-state index contributed by atoms with van der Waals surface area (Å²) >= 11 is 7.54. The molecule has 0 amide bonds. The lowest BCUT2D eigenvalue weighted by Gasteiger charge is -1.96. The van der Waals surface area contributed by atoms with Crippen molar-refractivity contribution in [3.63, 3.8) is 0 Å². The molecule has 3 rings (SSSR count). The smallest absolute Gasteiger partial charge is 0.187 e. The summed E-state index contributed by atoms with van der Waals surface area (Å²) in [7, 11) is 0. The van der Waals surface area contributed by atoms with Crippen LogP contribution in [0.15, 0.2) is 24.3 Å². The molecule has 6 heteroatoms. The van der Waals surface area contributed by atoms with Crippen LogP contribution in [0.25, 0.3) is 15.5 Å². The average Bonchev–Trinajstić information content (AvgIpc) is 2.97. The Bertz CT molecular complexity index is 704. The molecule has 0 spiro atoms. The van der Waals surface area contributed by atoms with E-state index in [9.17, 15) is 0 Å². The molecular weight excluding hydrogens is 280 g/mol. The summed E-state index contributed by atoms with van der Waals surface area (Å²) < 4.78 is 1.84. The number of fused-ring (bicyclic) bond motifs is 1. The van der Waals surface area contributed by atoms with Crippen LogP contribution in [-0.2, 0) is 6.42 Å². The molecule has 19 heavy (non-hydrogen) atoms. The molecule has 1 aromatic carbocycles. The van der Waals surface area contributed by atoms with Crippen LogP contribution in [-0.4, -0.2) is 19.8 Å². The molecule has 0 fully saturated rings. The first-order valence-corrected chi connectivity index (χ1v) is 7.44. The number of hydrogen-bond donors (Lipinski definition) is 0. The summed E-state index contributed by atoms with van der Waals surface area (Å²) in [4.78, 5) is 0.834. The van der Waals surface area contributed by atoms with Gasteiger partial charge in [-0.15, -0.1) is 10.2 Å². The normalized spacial score (nSPS) is 11.3. The van der Waals surface area contributed by atoms with E-state index in [-0.39, 0.29) is 0 Å². The molecule has 0 unspecified atom stereocenters. The summed E-state index contributed by atoms with van der Waals surface area (Å²) in [6.07, 6.45) is 3.15. The van der Waals surface area contributed by atoms with E-state index >= 15 is 0 Å². The first-order chi connectivity index (χ1) is 9.28. The summed E-state index contributed by atoms with van der Waals surface area (Å²) in [5.74, 6) is 0.932. The lowest BCUT2D eigenvalue weighted by molar-refractivity contribution is 0.723. The van der Waals surface area contributed by atoms with E-state index in [1.54, 1.807) is 0 Å². The Morgan fingerprint density at radius 2 is 2.21 bits per heavy atom. The van der Waals surface area contributed by atoms with Crippen LogP contribution < -0.4 is 0 Å². The molecule has 2 heterocycles. The Morgan fingerprint density at radius 3 is 3.00 bits per heavy atom. The molecule has 4 nitrogen and oxygen atoms in total. The third-order valence-electron chi connectivity index (χ3n) is 2.88. The Labute approximate surface area is 120 Å². The number of nitrogens with zero attached hydrogens (tertiary/aromatic N) is 4. The van der Waals surface area contributed by atoms with Crippen molar-refractivity contribution < 1.29 is 0 Å². The minimum absolute atomic E-state index is 0.717. The van der Waals surface area contributed by atoms with E-state index < -0.39 is 0 Å². The predicted molar refractivity (Wildman–Crippen MR) is 77.7 cm³/mol. The lowest BCUT2D eigenvalue weighted by atomic mass is 10.2. The highest BCUT2D eigenvalue weighted by Crippen LogP contribution is 2.27. The number of benzene rings is 1. The van der Waals surface area contributed by atoms with Gasteiger partial charge in [0.05, 0.1) is 0 Å². The van der Waals surface area contributed by atoms with Gasteiger partial charge < -0.3 is 0 Å². The van der Waals surface area contributed by atoms with E-state index in [1.165, 1.54) is 11.3 Å². The van der Waals surface area contributed by atoms with Gasteiger partial charge in [-0.3, -0.25) is 0 Å². The fourth-order valence-corrected chi connectivity index (χ4v) is 2.93. The Kier molecular flexibility index (Phi) is 3.48. The van der Waals surface area contributed by atoms with E-state index in [4.69, 9.17) is 11.6 Å². The molecule has 2 aromatic heterocycles. The number of unbranched alkanes of at least 4 members (excludes halogenated alkanes) is 1. The fourth-order valence-electron chi connectivity index (χ4n) is 1.89. The minimum atomic E-state index is 0.717. The molecule has 0 atom stereocenters. The lowest BCUT2D eigenvalue weighted by Crippen LogP contribution is -1.95. The molecule has 3 aromatic rings. The molecule has 0 aliphatic heterocycles. The van der Waals surface area contributed by atoms with Crippen molar-refractivity contribution in [1.29, 1.82) is 0 Å². The van der Waals surface area contributed by atoms with Gasteiger partial charge in [0.25, 0.3) is 0 Å². The maximum absolute atomic E-state index is 6.01. The summed E-state index contributed by atoms with van der Waals surface area (Å²) in [5.41, 5.74) is 1.02. The van der Waals surface area contributed by atoms with Crippen LogP contribution in [0.3, 0.4) is 0 Å². The maximum Gasteiger partial charge on any atom is 0.234 e. The third kappa shape index (κ3) is 2.48. The van der Waals surface area contributed by atoms with Crippen molar-refractivity contribution in [3.8, 4) is 10.6 Å². The molecule has 0 N–H and O–H groups in total. The Morgan fingerprint density at radius 1 is 1.32 bits per heavy atom. The van der Waals surface area contributed by atoms with Crippen molar-refractivity contribution >= 4 is 27.9 Å². The Balaban J connectivity index is 2.00. The SMILES string of the molecule is CCCCc1nnc2sc(-c3cccc(Cl)c3)nn12. The van der Waals surface area contributed by atoms with E-state index in [0.29, 0.717) is 0 Å². The molecule has 0 bridgehead atoms. The second-order valence-electron chi connectivity index (χ2n) is 4.33. The van der Waals surface area contributed by atoms with Gasteiger partial charge in [-0.1, -0.05) is 48.4 Å². The van der Waals surface area contributed by atoms with Crippen molar-refractivity contribution in [3.05, 3.63) is 35.1 Å². The zero-order valence-corrected chi connectivity index (χ0v) is 12.1. The minimum Gasteiger partial charge on any atom is -0.187 e. The molecule has 0 radical (unpaired) electrons. The molecule has 98 valence electrons. The van der Waals surface area contributed by atoms with Gasteiger partial charge in [0.2, 0.25) is 4.96 Å². The summed E-state index contributed by atoms with van der Waals surface area (Å²) in [5, 5.41) is 14.6. The summed E-state index contributed by atoms with van der Waals surface area (Å²) in [6.45, 7) is 2.16.